The lowest BCUT2D eigenvalue weighted by atomic mass is 9.90. The average Bonchev–Trinajstić information content (AvgIpc) is 2.58. The van der Waals surface area contributed by atoms with Gasteiger partial charge in [0.1, 0.15) is 11.2 Å². The van der Waals surface area contributed by atoms with Crippen molar-refractivity contribution in [1.82, 2.24) is 9.78 Å². The smallest absolute Gasteiger partial charge is 0.263 e. The lowest BCUT2D eigenvalue weighted by Gasteiger charge is -2.27. The molecule has 1 amide bonds. The number of fused-ring (bicyclic) bond motifs is 1. The van der Waals surface area contributed by atoms with Crippen LogP contribution in [0, 0.1) is 5.41 Å². The number of nitrogens with zero attached hydrogens (tertiary/aromatic N) is 2. The van der Waals surface area contributed by atoms with E-state index >= 15 is 0 Å². The minimum absolute atomic E-state index is 0.275. The van der Waals surface area contributed by atoms with Crippen molar-refractivity contribution >= 4 is 17.6 Å². The van der Waals surface area contributed by atoms with Gasteiger partial charge in [-0.15, -0.1) is 0 Å². The summed E-state index contributed by atoms with van der Waals surface area (Å²) in [6.45, 7) is 5.15. The second kappa shape index (κ2) is 2.92. The predicted octanol–water partition coefficient (Wildman–Crippen LogP) is 1.06. The lowest BCUT2D eigenvalue weighted by Crippen LogP contribution is -2.46. The molecule has 0 aliphatic carbocycles. The van der Waals surface area contributed by atoms with Gasteiger partial charge in [0, 0.05) is 6.07 Å². The van der Waals surface area contributed by atoms with Crippen LogP contribution in [0.25, 0.3) is 0 Å². The predicted molar refractivity (Wildman–Crippen MR) is 54.6 cm³/mol. The Labute approximate surface area is 87.5 Å². The Morgan fingerprint density at radius 1 is 1.47 bits per heavy atom. The van der Waals surface area contributed by atoms with E-state index in [4.69, 9.17) is 0 Å². The van der Waals surface area contributed by atoms with E-state index in [-0.39, 0.29) is 11.8 Å². The van der Waals surface area contributed by atoms with Gasteiger partial charge in [-0.05, 0) is 20.3 Å². The highest BCUT2D eigenvalue weighted by atomic mass is 16.2. The number of carbonyl (C=O) groups excluding carboxylic acids is 2. The monoisotopic (exact) mass is 207 g/mol. The summed E-state index contributed by atoms with van der Waals surface area (Å²) in [5.41, 5.74) is -0.235. The molecule has 0 saturated carbocycles. The number of rotatable bonds is 1. The molecule has 0 spiro atoms. The van der Waals surface area contributed by atoms with Crippen LogP contribution in [0.2, 0.25) is 0 Å². The fourth-order valence-corrected chi connectivity index (χ4v) is 1.48. The zero-order chi connectivity index (χ0) is 11.2. The summed E-state index contributed by atoms with van der Waals surface area (Å²) >= 11 is 0. The van der Waals surface area contributed by atoms with Gasteiger partial charge in [-0.1, -0.05) is 6.92 Å². The van der Waals surface area contributed by atoms with Crippen LogP contribution in [-0.2, 0) is 11.2 Å². The van der Waals surface area contributed by atoms with E-state index in [0.717, 1.165) is 12.1 Å². The third-order valence-corrected chi connectivity index (χ3v) is 2.66. The SMILES string of the molecule is CCc1cc2n(n1)C(=O)C(C)(C)C(=O)N2. The maximum atomic E-state index is 11.9. The number of anilines is 1. The Hall–Kier alpha value is -1.65. The molecule has 2 rings (SSSR count). The molecule has 1 aromatic rings. The Kier molecular flexibility index (Phi) is 1.92. The van der Waals surface area contributed by atoms with E-state index in [0.29, 0.717) is 5.82 Å². The van der Waals surface area contributed by atoms with Crippen molar-refractivity contribution in [2.45, 2.75) is 27.2 Å². The number of carbonyl (C=O) groups is 2. The molecule has 0 saturated heterocycles. The molecule has 5 heteroatoms. The van der Waals surface area contributed by atoms with Gasteiger partial charge in [-0.2, -0.15) is 9.78 Å². The Balaban J connectivity index is 2.54. The molecule has 15 heavy (non-hydrogen) atoms. The lowest BCUT2D eigenvalue weighted by molar-refractivity contribution is -0.122. The molecular weight excluding hydrogens is 194 g/mol. The molecule has 0 aromatic carbocycles. The molecule has 1 aliphatic heterocycles. The normalized spacial score (nSPS) is 18.6. The first kappa shape index (κ1) is 9.89. The molecule has 2 heterocycles. The Morgan fingerprint density at radius 3 is 2.73 bits per heavy atom. The summed E-state index contributed by atoms with van der Waals surface area (Å²) in [7, 11) is 0. The van der Waals surface area contributed by atoms with Gasteiger partial charge in [0.15, 0.2) is 0 Å². The zero-order valence-electron chi connectivity index (χ0n) is 9.00. The van der Waals surface area contributed by atoms with Gasteiger partial charge in [-0.25, -0.2) is 0 Å². The topological polar surface area (TPSA) is 64.0 Å². The number of amides is 1. The molecule has 1 aliphatic rings. The number of aromatic nitrogens is 2. The standard InChI is InChI=1S/C10H13N3O2/c1-4-6-5-7-11-8(14)10(2,3)9(15)13(7)12-6/h5H,4H2,1-3H3,(H,11,14). The van der Waals surface area contributed by atoms with Gasteiger partial charge >= 0.3 is 0 Å². The second-order valence-corrected chi connectivity index (χ2v) is 4.17. The van der Waals surface area contributed by atoms with Crippen molar-refractivity contribution in [3.8, 4) is 0 Å². The van der Waals surface area contributed by atoms with E-state index in [1.807, 2.05) is 6.92 Å². The summed E-state index contributed by atoms with van der Waals surface area (Å²) in [5.74, 6) is -0.0790. The average molecular weight is 207 g/mol. The minimum atomic E-state index is -1.04. The molecule has 0 fully saturated rings. The number of nitrogens with one attached hydrogen (secondary N) is 1. The van der Waals surface area contributed by atoms with E-state index in [2.05, 4.69) is 10.4 Å². The van der Waals surface area contributed by atoms with Crippen molar-refractivity contribution in [3.05, 3.63) is 11.8 Å². The van der Waals surface area contributed by atoms with Crippen molar-refractivity contribution in [3.63, 3.8) is 0 Å². The summed E-state index contributed by atoms with van der Waals surface area (Å²) in [4.78, 5) is 23.5. The van der Waals surface area contributed by atoms with Crippen LogP contribution in [0.4, 0.5) is 5.82 Å². The third-order valence-electron chi connectivity index (χ3n) is 2.66. The van der Waals surface area contributed by atoms with E-state index in [1.54, 1.807) is 19.9 Å². The highest BCUT2D eigenvalue weighted by Crippen LogP contribution is 2.28. The van der Waals surface area contributed by atoms with Crippen LogP contribution < -0.4 is 5.32 Å². The molecule has 5 nitrogen and oxygen atoms in total. The van der Waals surface area contributed by atoms with Crippen LogP contribution in [0.15, 0.2) is 6.07 Å². The van der Waals surface area contributed by atoms with Gasteiger partial charge < -0.3 is 5.32 Å². The molecular formula is C10H13N3O2. The maximum Gasteiger partial charge on any atom is 0.263 e. The van der Waals surface area contributed by atoms with Crippen LogP contribution >= 0.6 is 0 Å². The first-order valence-electron chi connectivity index (χ1n) is 4.92. The zero-order valence-corrected chi connectivity index (χ0v) is 9.00. The fourth-order valence-electron chi connectivity index (χ4n) is 1.48. The highest BCUT2D eigenvalue weighted by Gasteiger charge is 2.42. The van der Waals surface area contributed by atoms with E-state index < -0.39 is 5.41 Å². The van der Waals surface area contributed by atoms with Crippen molar-refractivity contribution < 1.29 is 9.59 Å². The van der Waals surface area contributed by atoms with Crippen molar-refractivity contribution in [2.75, 3.05) is 5.32 Å². The van der Waals surface area contributed by atoms with Gasteiger partial charge in [0.2, 0.25) is 5.91 Å². The van der Waals surface area contributed by atoms with E-state index in [9.17, 15) is 9.59 Å². The minimum Gasteiger partial charge on any atom is -0.310 e. The van der Waals surface area contributed by atoms with Gasteiger partial charge in [0.05, 0.1) is 5.69 Å². The summed E-state index contributed by atoms with van der Waals surface area (Å²) < 4.78 is 1.28. The molecule has 0 atom stereocenters. The van der Waals surface area contributed by atoms with Gasteiger partial charge in [-0.3, -0.25) is 9.59 Å². The van der Waals surface area contributed by atoms with E-state index in [1.165, 1.54) is 4.68 Å². The summed E-state index contributed by atoms with van der Waals surface area (Å²) in [6.07, 6.45) is 0.740. The molecule has 0 radical (unpaired) electrons. The number of aryl methyl sites for hydroxylation is 1. The molecule has 0 unspecified atom stereocenters. The fraction of sp³-hybridized carbons (Fsp3) is 0.500. The van der Waals surface area contributed by atoms with Crippen LogP contribution in [-0.4, -0.2) is 21.6 Å². The first-order valence-corrected chi connectivity index (χ1v) is 4.92. The van der Waals surface area contributed by atoms with Crippen molar-refractivity contribution in [2.24, 2.45) is 5.41 Å². The Bertz CT molecular complexity index is 446. The Morgan fingerprint density at radius 2 is 2.13 bits per heavy atom. The van der Waals surface area contributed by atoms with Crippen LogP contribution in [0.1, 0.15) is 31.3 Å². The highest BCUT2D eigenvalue weighted by molar-refractivity contribution is 6.14. The molecule has 1 N–H and O–H groups in total. The largest absolute Gasteiger partial charge is 0.310 e. The maximum absolute atomic E-state index is 11.9. The summed E-state index contributed by atoms with van der Waals surface area (Å²) in [5, 5.41) is 6.81. The second-order valence-electron chi connectivity index (χ2n) is 4.17. The molecule has 80 valence electrons. The molecule has 1 aromatic heterocycles. The number of hydrogen-bond acceptors (Lipinski definition) is 3. The third kappa shape index (κ3) is 1.26. The van der Waals surface area contributed by atoms with Gasteiger partial charge in [0.25, 0.3) is 5.91 Å². The first-order chi connectivity index (χ1) is 6.96. The summed E-state index contributed by atoms with van der Waals surface area (Å²) in [6, 6.07) is 1.73. The molecule has 0 bridgehead atoms. The van der Waals surface area contributed by atoms with Crippen LogP contribution in [0.3, 0.4) is 0 Å². The quantitative estimate of drug-likeness (QED) is 0.700. The van der Waals surface area contributed by atoms with Crippen molar-refractivity contribution in [1.29, 1.82) is 0 Å². The van der Waals surface area contributed by atoms with Crippen LogP contribution in [0.5, 0.6) is 0 Å². The number of hydrogen-bond donors (Lipinski definition) is 1.